The second-order valence-electron chi connectivity index (χ2n) is 9.12. The van der Waals surface area contributed by atoms with E-state index in [4.69, 9.17) is 14.2 Å². The molecule has 1 aliphatic carbocycles. The van der Waals surface area contributed by atoms with Crippen LogP contribution in [0.2, 0.25) is 0 Å². The van der Waals surface area contributed by atoms with Gasteiger partial charge in [0, 0.05) is 18.6 Å². The maximum Gasteiger partial charge on any atom is 0.192 e. The molecule has 5 atom stereocenters. The first kappa shape index (κ1) is 20.3. The van der Waals surface area contributed by atoms with Gasteiger partial charge in [-0.3, -0.25) is 4.79 Å². The fraction of sp³-hybridized carbons (Fsp3) is 0.696. The normalized spacial score (nSPS) is 39.2. The van der Waals surface area contributed by atoms with E-state index in [-0.39, 0.29) is 23.2 Å². The highest BCUT2D eigenvalue weighted by Crippen LogP contribution is 2.72. The Morgan fingerprint density at radius 1 is 1.22 bits per heavy atom. The largest absolute Gasteiger partial charge is 0.500 e. The Balaban J connectivity index is 2.08. The Morgan fingerprint density at radius 3 is 2.44 bits per heavy atom. The van der Waals surface area contributed by atoms with Crippen molar-refractivity contribution in [3.8, 4) is 0 Å². The molecule has 3 aliphatic rings. The van der Waals surface area contributed by atoms with Gasteiger partial charge in [0.1, 0.15) is 5.76 Å². The standard InChI is InChI=1S/C23H34O4/c1-15(2)9-8-11-21(5)19-14-22(12-10-16(3)4)18(25-6)13-17(24)20(21)23(22,26-7)27-19/h9-10,13,19-20H,8,11-12,14H2,1-7H3/t19?,20-,21?,22-,23+/m1/s1. The van der Waals surface area contributed by atoms with Crippen LogP contribution in [0.3, 0.4) is 0 Å². The summed E-state index contributed by atoms with van der Waals surface area (Å²) in [5.74, 6) is -0.468. The van der Waals surface area contributed by atoms with Gasteiger partial charge >= 0.3 is 0 Å². The van der Waals surface area contributed by atoms with Crippen molar-refractivity contribution >= 4 is 5.78 Å². The maximum absolute atomic E-state index is 13.2. The molecule has 0 amide bonds. The number of ether oxygens (including phenoxy) is 3. The average Bonchev–Trinajstić information content (AvgIpc) is 3.07. The summed E-state index contributed by atoms with van der Waals surface area (Å²) in [7, 11) is 3.33. The summed E-state index contributed by atoms with van der Waals surface area (Å²) >= 11 is 0. The molecule has 2 unspecified atom stereocenters. The van der Waals surface area contributed by atoms with Crippen LogP contribution in [0.4, 0.5) is 0 Å². The third-order valence-corrected chi connectivity index (χ3v) is 6.94. The predicted molar refractivity (Wildman–Crippen MR) is 106 cm³/mol. The van der Waals surface area contributed by atoms with Crippen LogP contribution >= 0.6 is 0 Å². The van der Waals surface area contributed by atoms with Crippen molar-refractivity contribution in [3.05, 3.63) is 35.1 Å². The van der Waals surface area contributed by atoms with Gasteiger partial charge in [0.05, 0.1) is 24.5 Å². The fourth-order valence-electron chi connectivity index (χ4n) is 5.59. The summed E-state index contributed by atoms with van der Waals surface area (Å²) < 4.78 is 18.4. The number of ketones is 1. The number of hydrogen-bond donors (Lipinski definition) is 0. The molecule has 2 bridgehead atoms. The number of allylic oxidation sites excluding steroid dienone is 5. The van der Waals surface area contributed by atoms with E-state index in [1.807, 2.05) is 0 Å². The number of hydrogen-bond acceptors (Lipinski definition) is 4. The number of carbonyl (C=O) groups is 1. The Hall–Kier alpha value is -1.39. The first-order valence-corrected chi connectivity index (χ1v) is 9.96. The Kier molecular flexibility index (Phi) is 5.19. The van der Waals surface area contributed by atoms with Crippen LogP contribution in [0.25, 0.3) is 0 Å². The van der Waals surface area contributed by atoms with Crippen LogP contribution in [0, 0.1) is 16.7 Å². The summed E-state index contributed by atoms with van der Waals surface area (Å²) in [6.07, 6.45) is 9.60. The van der Waals surface area contributed by atoms with Crippen molar-refractivity contribution in [1.29, 1.82) is 0 Å². The third kappa shape index (κ3) is 2.75. The van der Waals surface area contributed by atoms with Gasteiger partial charge in [-0.2, -0.15) is 0 Å². The molecule has 0 N–H and O–H groups in total. The smallest absolute Gasteiger partial charge is 0.192 e. The number of rotatable bonds is 7. The van der Waals surface area contributed by atoms with Crippen molar-refractivity contribution in [2.45, 2.75) is 72.2 Å². The molecule has 0 saturated carbocycles. The molecular formula is C23H34O4. The minimum Gasteiger partial charge on any atom is -0.500 e. The van der Waals surface area contributed by atoms with E-state index in [0.29, 0.717) is 5.76 Å². The van der Waals surface area contributed by atoms with Crippen molar-refractivity contribution in [3.63, 3.8) is 0 Å². The predicted octanol–water partition coefficient (Wildman–Crippen LogP) is 4.96. The van der Waals surface area contributed by atoms with Gasteiger partial charge < -0.3 is 14.2 Å². The lowest BCUT2D eigenvalue weighted by Crippen LogP contribution is -2.62. The second kappa shape index (κ2) is 6.89. The number of fused-ring (bicyclic) bond motifs is 1. The zero-order valence-corrected chi connectivity index (χ0v) is 17.8. The highest BCUT2D eigenvalue weighted by Gasteiger charge is 2.79. The fourth-order valence-corrected chi connectivity index (χ4v) is 5.59. The summed E-state index contributed by atoms with van der Waals surface area (Å²) in [5, 5.41) is 0. The van der Waals surface area contributed by atoms with Crippen LogP contribution in [0.5, 0.6) is 0 Å². The van der Waals surface area contributed by atoms with Crippen molar-refractivity contribution in [2.24, 2.45) is 16.7 Å². The number of carbonyl (C=O) groups excluding carboxylic acids is 1. The first-order valence-electron chi connectivity index (χ1n) is 9.96. The van der Waals surface area contributed by atoms with Crippen molar-refractivity contribution in [1.82, 2.24) is 0 Å². The van der Waals surface area contributed by atoms with Gasteiger partial charge in [-0.05, 0) is 53.4 Å². The van der Waals surface area contributed by atoms with Gasteiger partial charge in [-0.15, -0.1) is 0 Å². The van der Waals surface area contributed by atoms with Crippen LogP contribution in [0.1, 0.15) is 60.3 Å². The minimum absolute atomic E-state index is 0.0126. The topological polar surface area (TPSA) is 44.8 Å². The molecule has 2 heterocycles. The van der Waals surface area contributed by atoms with Gasteiger partial charge in [0.2, 0.25) is 0 Å². The molecule has 0 spiro atoms. The molecule has 0 aromatic heterocycles. The lowest BCUT2D eigenvalue weighted by Gasteiger charge is -2.53. The summed E-state index contributed by atoms with van der Waals surface area (Å²) in [6, 6.07) is 0. The van der Waals surface area contributed by atoms with Gasteiger partial charge in [0.25, 0.3) is 0 Å². The molecular weight excluding hydrogens is 340 g/mol. The monoisotopic (exact) mass is 374 g/mol. The third-order valence-electron chi connectivity index (χ3n) is 6.94. The summed E-state index contributed by atoms with van der Waals surface area (Å²) in [6.45, 7) is 10.6. The molecule has 2 fully saturated rings. The number of methoxy groups -OCH3 is 2. The zero-order valence-electron chi connectivity index (χ0n) is 17.8. The molecule has 0 radical (unpaired) electrons. The van der Waals surface area contributed by atoms with Gasteiger partial charge in [0.15, 0.2) is 11.6 Å². The molecule has 27 heavy (non-hydrogen) atoms. The van der Waals surface area contributed by atoms with E-state index < -0.39 is 11.2 Å². The Labute approximate surface area is 163 Å². The van der Waals surface area contributed by atoms with Crippen LogP contribution in [0.15, 0.2) is 35.1 Å². The van der Waals surface area contributed by atoms with Crippen LogP contribution in [-0.2, 0) is 19.0 Å². The van der Waals surface area contributed by atoms with Crippen LogP contribution in [-0.4, -0.2) is 31.9 Å². The molecule has 2 aliphatic heterocycles. The highest BCUT2D eigenvalue weighted by molar-refractivity contribution is 5.96. The van der Waals surface area contributed by atoms with E-state index in [1.165, 1.54) is 11.1 Å². The molecule has 2 saturated heterocycles. The van der Waals surface area contributed by atoms with Crippen LogP contribution < -0.4 is 0 Å². The van der Waals surface area contributed by atoms with E-state index >= 15 is 0 Å². The molecule has 3 rings (SSSR count). The molecule has 4 nitrogen and oxygen atoms in total. The zero-order chi connectivity index (χ0) is 20.0. The van der Waals surface area contributed by atoms with Crippen molar-refractivity contribution in [2.75, 3.05) is 14.2 Å². The van der Waals surface area contributed by atoms with Gasteiger partial charge in [-0.25, -0.2) is 0 Å². The SMILES string of the molecule is COC1=CC(=O)[C@@H]2C(C)(CCC=C(C)C)C3C[C@@]1(CC=C(C)C)[C@@]2(OC)O3. The Morgan fingerprint density at radius 2 is 1.89 bits per heavy atom. The maximum atomic E-state index is 13.2. The lowest BCUT2D eigenvalue weighted by atomic mass is 9.50. The average molecular weight is 375 g/mol. The molecule has 0 aromatic carbocycles. The van der Waals surface area contributed by atoms with E-state index in [2.05, 4.69) is 46.8 Å². The van der Waals surface area contributed by atoms with E-state index in [9.17, 15) is 4.79 Å². The second-order valence-corrected chi connectivity index (χ2v) is 9.12. The summed E-state index contributed by atoms with van der Waals surface area (Å²) in [4.78, 5) is 13.2. The van der Waals surface area contributed by atoms with Crippen molar-refractivity contribution < 1.29 is 19.0 Å². The highest BCUT2D eigenvalue weighted by atomic mass is 16.7. The molecule has 150 valence electrons. The summed E-state index contributed by atoms with van der Waals surface area (Å²) in [5.41, 5.74) is 1.88. The first-order chi connectivity index (χ1) is 12.7. The Bertz CT molecular complexity index is 710. The molecule has 4 heteroatoms. The lowest BCUT2D eigenvalue weighted by molar-refractivity contribution is -0.255. The van der Waals surface area contributed by atoms with E-state index in [1.54, 1.807) is 20.3 Å². The van der Waals surface area contributed by atoms with E-state index in [0.717, 1.165) is 25.7 Å². The van der Waals surface area contributed by atoms with Gasteiger partial charge in [-0.1, -0.05) is 30.2 Å². The quantitative estimate of drug-likeness (QED) is 0.591. The minimum atomic E-state index is -0.944. The molecule has 0 aromatic rings.